The monoisotopic (exact) mass is 371 g/mol. The lowest BCUT2D eigenvalue weighted by Gasteiger charge is -2.10. The zero-order valence-corrected chi connectivity index (χ0v) is 13.1. The minimum absolute atomic E-state index is 0.0700. The van der Waals surface area contributed by atoms with E-state index in [0.29, 0.717) is 10.5 Å². The molecular formula is C11H10BrN5O3S. The van der Waals surface area contributed by atoms with Crippen LogP contribution in [0.15, 0.2) is 47.5 Å². The third-order valence-corrected chi connectivity index (χ3v) is 4.07. The fourth-order valence-corrected chi connectivity index (χ4v) is 2.99. The number of nitrogens with zero attached hydrogens (tertiary/aromatic N) is 3. The second-order valence-electron chi connectivity index (χ2n) is 3.93. The first-order valence-corrected chi connectivity index (χ1v) is 7.16. The van der Waals surface area contributed by atoms with E-state index in [1.807, 2.05) is 0 Å². The van der Waals surface area contributed by atoms with E-state index in [9.17, 15) is 9.59 Å². The number of nitrogens with two attached hydrogens (primary N) is 1. The van der Waals surface area contributed by atoms with E-state index >= 15 is 0 Å². The molecule has 2 rings (SSSR count). The minimum Gasteiger partial charge on any atom is -0.409 e. The molecule has 0 atom stereocenters. The number of hydrogen-bond acceptors (Lipinski definition) is 6. The van der Waals surface area contributed by atoms with Gasteiger partial charge in [0.1, 0.15) is 0 Å². The van der Waals surface area contributed by atoms with Crippen molar-refractivity contribution in [2.45, 2.75) is 10.1 Å². The summed E-state index contributed by atoms with van der Waals surface area (Å²) in [6.45, 7) is 0. The van der Waals surface area contributed by atoms with Crippen molar-refractivity contribution >= 4 is 33.5 Å². The molecule has 0 aliphatic carbocycles. The molecule has 0 saturated carbocycles. The van der Waals surface area contributed by atoms with Crippen molar-refractivity contribution in [1.82, 2.24) is 14.8 Å². The standard InChI is InChI=1S/C11H10BrN5O3S/c1-17-11(14-9(18)10(19)15-17)21-7-4-5(12)2-3-6(7)8(13)16-20/h2-4,20H,1H3,(H2,13,16)(H,15,19). The van der Waals surface area contributed by atoms with Gasteiger partial charge in [0.2, 0.25) is 0 Å². The van der Waals surface area contributed by atoms with Gasteiger partial charge in [0.15, 0.2) is 11.0 Å². The maximum Gasteiger partial charge on any atom is 0.339 e. The molecule has 0 spiro atoms. The van der Waals surface area contributed by atoms with Gasteiger partial charge in [-0.05, 0) is 30.0 Å². The number of halogens is 1. The number of amidine groups is 1. The second kappa shape index (κ2) is 6.14. The zero-order valence-electron chi connectivity index (χ0n) is 10.7. The molecule has 1 aromatic carbocycles. The number of nitrogens with one attached hydrogen (secondary N) is 1. The third-order valence-electron chi connectivity index (χ3n) is 2.48. The molecule has 0 fully saturated rings. The van der Waals surface area contributed by atoms with Gasteiger partial charge in [0.05, 0.1) is 0 Å². The summed E-state index contributed by atoms with van der Waals surface area (Å²) in [5.74, 6) is -0.0700. The number of aromatic amines is 1. The molecule has 10 heteroatoms. The van der Waals surface area contributed by atoms with Gasteiger partial charge in [-0.15, -0.1) is 0 Å². The van der Waals surface area contributed by atoms with Crippen LogP contribution in [0, 0.1) is 0 Å². The SMILES string of the molecule is Cn1[nH]c(=O)c(=O)nc1Sc1cc(Br)ccc1/C(N)=N/O. The largest absolute Gasteiger partial charge is 0.409 e. The van der Waals surface area contributed by atoms with E-state index in [0.717, 1.165) is 16.2 Å². The van der Waals surface area contributed by atoms with Crippen LogP contribution in [0.5, 0.6) is 0 Å². The molecular weight excluding hydrogens is 362 g/mol. The van der Waals surface area contributed by atoms with Crippen LogP contribution in [0.2, 0.25) is 0 Å². The van der Waals surface area contributed by atoms with Crippen molar-refractivity contribution in [3.05, 3.63) is 48.9 Å². The Balaban J connectivity index is 2.54. The van der Waals surface area contributed by atoms with Crippen LogP contribution in [0.4, 0.5) is 0 Å². The molecule has 1 heterocycles. The van der Waals surface area contributed by atoms with Crippen LogP contribution in [0.25, 0.3) is 0 Å². The maximum absolute atomic E-state index is 11.3. The van der Waals surface area contributed by atoms with E-state index in [4.69, 9.17) is 10.9 Å². The van der Waals surface area contributed by atoms with Gasteiger partial charge >= 0.3 is 11.1 Å². The highest BCUT2D eigenvalue weighted by atomic mass is 79.9. The summed E-state index contributed by atoms with van der Waals surface area (Å²) in [7, 11) is 1.55. The van der Waals surface area contributed by atoms with Crippen LogP contribution in [0.3, 0.4) is 0 Å². The highest BCUT2D eigenvalue weighted by Crippen LogP contribution is 2.30. The number of hydrogen-bond donors (Lipinski definition) is 3. The van der Waals surface area contributed by atoms with Crippen LogP contribution in [0.1, 0.15) is 5.56 Å². The van der Waals surface area contributed by atoms with Gasteiger partial charge < -0.3 is 10.9 Å². The van der Waals surface area contributed by atoms with Crippen molar-refractivity contribution in [3.8, 4) is 0 Å². The van der Waals surface area contributed by atoms with Crippen LogP contribution in [-0.2, 0) is 7.05 Å². The average molecular weight is 372 g/mol. The number of oxime groups is 1. The number of rotatable bonds is 3. The van der Waals surface area contributed by atoms with Gasteiger partial charge in [-0.2, -0.15) is 4.98 Å². The zero-order chi connectivity index (χ0) is 15.6. The lowest BCUT2D eigenvalue weighted by molar-refractivity contribution is 0.318. The fourth-order valence-electron chi connectivity index (χ4n) is 1.50. The van der Waals surface area contributed by atoms with Crippen molar-refractivity contribution < 1.29 is 5.21 Å². The molecule has 2 aromatic rings. The predicted molar refractivity (Wildman–Crippen MR) is 80.9 cm³/mol. The molecule has 0 saturated heterocycles. The van der Waals surface area contributed by atoms with Gasteiger partial charge in [0, 0.05) is 22.0 Å². The smallest absolute Gasteiger partial charge is 0.339 e. The van der Waals surface area contributed by atoms with Gasteiger partial charge in [-0.25, -0.2) is 0 Å². The Hall–Kier alpha value is -2.07. The Morgan fingerprint density at radius 1 is 1.52 bits per heavy atom. The molecule has 0 radical (unpaired) electrons. The highest BCUT2D eigenvalue weighted by Gasteiger charge is 2.13. The Labute approximate surface area is 130 Å². The summed E-state index contributed by atoms with van der Waals surface area (Å²) >= 11 is 4.42. The first-order chi connectivity index (χ1) is 9.92. The van der Waals surface area contributed by atoms with Crippen molar-refractivity contribution in [3.63, 3.8) is 0 Å². The Morgan fingerprint density at radius 3 is 2.90 bits per heavy atom. The molecule has 0 aliphatic heterocycles. The molecule has 0 amide bonds. The van der Waals surface area contributed by atoms with Crippen molar-refractivity contribution in [2.75, 3.05) is 0 Å². The van der Waals surface area contributed by atoms with Gasteiger partial charge in [-0.1, -0.05) is 21.1 Å². The number of H-pyrrole nitrogens is 1. The Kier molecular flexibility index (Phi) is 4.48. The van der Waals surface area contributed by atoms with Crippen LogP contribution >= 0.6 is 27.7 Å². The summed E-state index contributed by atoms with van der Waals surface area (Å²) in [5, 5.41) is 14.4. The second-order valence-corrected chi connectivity index (χ2v) is 5.85. The third kappa shape index (κ3) is 3.34. The molecule has 0 aliphatic rings. The molecule has 21 heavy (non-hydrogen) atoms. The number of aryl methyl sites for hydroxylation is 1. The van der Waals surface area contributed by atoms with E-state index in [-0.39, 0.29) is 11.0 Å². The quantitative estimate of drug-likeness (QED) is 0.237. The molecule has 8 nitrogen and oxygen atoms in total. The maximum atomic E-state index is 11.3. The summed E-state index contributed by atoms with van der Waals surface area (Å²) in [4.78, 5) is 26.8. The first-order valence-electron chi connectivity index (χ1n) is 5.55. The summed E-state index contributed by atoms with van der Waals surface area (Å²) in [6.07, 6.45) is 0. The number of benzene rings is 1. The van der Waals surface area contributed by atoms with Crippen molar-refractivity contribution in [1.29, 1.82) is 0 Å². The summed E-state index contributed by atoms with van der Waals surface area (Å²) in [6, 6.07) is 5.12. The summed E-state index contributed by atoms with van der Waals surface area (Å²) < 4.78 is 2.10. The van der Waals surface area contributed by atoms with E-state index in [1.165, 1.54) is 4.68 Å². The lowest BCUT2D eigenvalue weighted by Crippen LogP contribution is -2.33. The predicted octanol–water partition coefficient (Wildman–Crippen LogP) is 0.477. The molecule has 4 N–H and O–H groups in total. The van der Waals surface area contributed by atoms with Crippen molar-refractivity contribution in [2.24, 2.45) is 17.9 Å². The molecule has 1 aromatic heterocycles. The van der Waals surface area contributed by atoms with E-state index in [2.05, 4.69) is 31.2 Å². The highest BCUT2D eigenvalue weighted by molar-refractivity contribution is 9.10. The normalized spacial score (nSPS) is 11.6. The molecule has 110 valence electrons. The molecule has 0 unspecified atom stereocenters. The van der Waals surface area contributed by atoms with Gasteiger partial charge in [-0.3, -0.25) is 19.4 Å². The van der Waals surface area contributed by atoms with E-state index < -0.39 is 11.1 Å². The van der Waals surface area contributed by atoms with Crippen LogP contribution < -0.4 is 16.9 Å². The average Bonchev–Trinajstić information content (AvgIpc) is 2.44. The Morgan fingerprint density at radius 2 is 2.24 bits per heavy atom. The number of aromatic nitrogens is 3. The lowest BCUT2D eigenvalue weighted by atomic mass is 10.2. The Bertz CT molecular complexity index is 829. The minimum atomic E-state index is -0.879. The topological polar surface area (TPSA) is 126 Å². The fraction of sp³-hybridized carbons (Fsp3) is 0.0909. The van der Waals surface area contributed by atoms with E-state index in [1.54, 1.807) is 25.2 Å². The molecule has 0 bridgehead atoms. The summed E-state index contributed by atoms with van der Waals surface area (Å²) in [5.41, 5.74) is 4.42. The first kappa shape index (κ1) is 15.3. The van der Waals surface area contributed by atoms with Crippen LogP contribution in [-0.4, -0.2) is 25.8 Å². The van der Waals surface area contributed by atoms with Gasteiger partial charge in [0.25, 0.3) is 0 Å².